The van der Waals surface area contributed by atoms with Crippen LogP contribution in [0, 0.1) is 6.92 Å². The van der Waals surface area contributed by atoms with E-state index in [-0.39, 0.29) is 16.9 Å². The number of aromatic nitrogens is 1. The first kappa shape index (κ1) is 17.7. The van der Waals surface area contributed by atoms with Crippen molar-refractivity contribution in [2.24, 2.45) is 0 Å². The third-order valence-corrected chi connectivity index (χ3v) is 6.12. The first-order valence-corrected chi connectivity index (χ1v) is 9.52. The number of pyridine rings is 1. The van der Waals surface area contributed by atoms with Gasteiger partial charge in [-0.05, 0) is 37.3 Å². The van der Waals surface area contributed by atoms with E-state index in [1.54, 1.807) is 23.0 Å². The Labute approximate surface area is 151 Å². The number of aryl methyl sites for hydroxylation is 1. The molecule has 5 nitrogen and oxygen atoms in total. The van der Waals surface area contributed by atoms with Crippen molar-refractivity contribution in [2.45, 2.75) is 44.6 Å². The number of thiophene rings is 1. The zero-order chi connectivity index (χ0) is 17.9. The van der Waals surface area contributed by atoms with Gasteiger partial charge in [-0.3, -0.25) is 9.59 Å². The number of rotatable bonds is 6. The van der Waals surface area contributed by atoms with Crippen LogP contribution in [0.25, 0.3) is 0 Å². The zero-order valence-electron chi connectivity index (χ0n) is 14.7. The number of amides is 1. The van der Waals surface area contributed by atoms with Gasteiger partial charge in [-0.1, -0.05) is 18.9 Å². The third-order valence-electron chi connectivity index (χ3n) is 5.05. The smallest absolute Gasteiger partial charge is 0.254 e. The molecular formula is C19H24N2O3S. The molecule has 134 valence electrons. The van der Waals surface area contributed by atoms with Crippen molar-refractivity contribution in [3.05, 3.63) is 50.6 Å². The van der Waals surface area contributed by atoms with Gasteiger partial charge in [0.25, 0.3) is 5.56 Å². The predicted molar refractivity (Wildman–Crippen MR) is 99.5 cm³/mol. The third kappa shape index (κ3) is 3.49. The Hall–Kier alpha value is -2.08. The first-order chi connectivity index (χ1) is 12.1. The van der Waals surface area contributed by atoms with Gasteiger partial charge in [0.15, 0.2) is 0 Å². The van der Waals surface area contributed by atoms with Gasteiger partial charge in [0.05, 0.1) is 12.5 Å². The molecule has 0 saturated heterocycles. The first-order valence-electron chi connectivity index (χ1n) is 8.64. The number of carbonyl (C=O) groups excluding carboxylic acids is 1. The summed E-state index contributed by atoms with van der Waals surface area (Å²) in [5, 5.41) is 5.09. The molecule has 0 atom stereocenters. The van der Waals surface area contributed by atoms with Crippen molar-refractivity contribution < 1.29 is 9.53 Å². The van der Waals surface area contributed by atoms with Crippen LogP contribution in [0.15, 0.2) is 34.4 Å². The van der Waals surface area contributed by atoms with E-state index in [1.165, 1.54) is 6.07 Å². The summed E-state index contributed by atoms with van der Waals surface area (Å²) >= 11 is 1.66. The molecule has 6 heteroatoms. The Bertz CT molecular complexity index is 789. The predicted octanol–water partition coefficient (Wildman–Crippen LogP) is 2.86. The Balaban J connectivity index is 1.68. The topological polar surface area (TPSA) is 60.3 Å². The van der Waals surface area contributed by atoms with E-state index in [2.05, 4.69) is 11.4 Å². The van der Waals surface area contributed by atoms with Crippen LogP contribution in [0.2, 0.25) is 0 Å². The van der Waals surface area contributed by atoms with E-state index < -0.39 is 0 Å². The van der Waals surface area contributed by atoms with Gasteiger partial charge in [-0.2, -0.15) is 0 Å². The molecule has 3 rings (SSSR count). The molecule has 1 amide bonds. The average molecular weight is 360 g/mol. The fourth-order valence-electron chi connectivity index (χ4n) is 3.67. The minimum absolute atomic E-state index is 0.0895. The van der Waals surface area contributed by atoms with E-state index in [4.69, 9.17) is 4.74 Å². The fraction of sp³-hybridized carbons (Fsp3) is 0.474. The van der Waals surface area contributed by atoms with Gasteiger partial charge in [0, 0.05) is 29.7 Å². The van der Waals surface area contributed by atoms with Crippen molar-refractivity contribution in [2.75, 3.05) is 13.7 Å². The highest BCUT2D eigenvalue weighted by Gasteiger charge is 2.43. The van der Waals surface area contributed by atoms with Crippen LogP contribution in [-0.4, -0.2) is 24.1 Å². The standard InChI is InChI=1S/C19H24N2O3S/c1-14-12-15(24-2)13-17(22)21(14)10-9-20-18(23)19(7-3-4-8-19)16-6-5-11-25-16/h5-6,11-13H,3-4,7-10H2,1-2H3,(H,20,23). The van der Waals surface area contributed by atoms with Crippen LogP contribution in [0.5, 0.6) is 5.75 Å². The lowest BCUT2D eigenvalue weighted by Crippen LogP contribution is -2.43. The summed E-state index contributed by atoms with van der Waals surface area (Å²) in [6.07, 6.45) is 3.98. The fourth-order valence-corrected chi connectivity index (χ4v) is 4.65. The van der Waals surface area contributed by atoms with Crippen molar-refractivity contribution in [1.29, 1.82) is 0 Å². The van der Waals surface area contributed by atoms with Crippen LogP contribution < -0.4 is 15.6 Å². The van der Waals surface area contributed by atoms with Crippen LogP contribution >= 0.6 is 11.3 Å². The summed E-state index contributed by atoms with van der Waals surface area (Å²) in [7, 11) is 1.55. The molecule has 1 fully saturated rings. The maximum atomic E-state index is 12.9. The SMILES string of the molecule is COc1cc(C)n(CCNC(=O)C2(c3cccs3)CCCC2)c(=O)c1. The average Bonchev–Trinajstić information content (AvgIpc) is 3.28. The number of hydrogen-bond donors (Lipinski definition) is 1. The molecule has 0 radical (unpaired) electrons. The van der Waals surface area contributed by atoms with Gasteiger partial charge in [-0.25, -0.2) is 0 Å². The molecule has 1 saturated carbocycles. The minimum Gasteiger partial charge on any atom is -0.496 e. The molecule has 1 aliphatic carbocycles. The number of ether oxygens (including phenoxy) is 1. The maximum Gasteiger partial charge on any atom is 0.254 e. The molecule has 0 unspecified atom stereocenters. The lowest BCUT2D eigenvalue weighted by atomic mass is 9.83. The van der Waals surface area contributed by atoms with Crippen LogP contribution in [0.3, 0.4) is 0 Å². The lowest BCUT2D eigenvalue weighted by molar-refractivity contribution is -0.126. The second kappa shape index (κ2) is 7.44. The largest absolute Gasteiger partial charge is 0.496 e. The summed E-state index contributed by atoms with van der Waals surface area (Å²) in [6, 6.07) is 7.37. The monoisotopic (exact) mass is 360 g/mol. The van der Waals surface area contributed by atoms with Crippen LogP contribution in [0.1, 0.15) is 36.3 Å². The van der Waals surface area contributed by atoms with E-state index in [0.717, 1.165) is 36.3 Å². The van der Waals surface area contributed by atoms with Crippen molar-refractivity contribution in [3.8, 4) is 5.75 Å². The number of carbonyl (C=O) groups is 1. The van der Waals surface area contributed by atoms with Crippen LogP contribution in [-0.2, 0) is 16.8 Å². The summed E-state index contributed by atoms with van der Waals surface area (Å²) in [5.41, 5.74) is 0.334. The number of methoxy groups -OCH3 is 1. The second-order valence-corrected chi connectivity index (χ2v) is 7.50. The van der Waals surface area contributed by atoms with Crippen molar-refractivity contribution >= 4 is 17.2 Å². The zero-order valence-corrected chi connectivity index (χ0v) is 15.5. The normalized spacial score (nSPS) is 15.9. The van der Waals surface area contributed by atoms with Gasteiger partial charge in [0.2, 0.25) is 5.91 Å². The Morgan fingerprint density at radius 3 is 2.72 bits per heavy atom. The Kier molecular flexibility index (Phi) is 5.27. The molecular weight excluding hydrogens is 336 g/mol. The molecule has 0 aliphatic heterocycles. The number of nitrogens with zero attached hydrogens (tertiary/aromatic N) is 1. The van der Waals surface area contributed by atoms with Crippen molar-refractivity contribution in [3.63, 3.8) is 0 Å². The Morgan fingerprint density at radius 1 is 1.36 bits per heavy atom. The summed E-state index contributed by atoms with van der Waals surface area (Å²) in [4.78, 5) is 26.2. The van der Waals surface area contributed by atoms with E-state index >= 15 is 0 Å². The number of hydrogen-bond acceptors (Lipinski definition) is 4. The highest BCUT2D eigenvalue weighted by Crippen LogP contribution is 2.43. The van der Waals surface area contributed by atoms with Gasteiger partial charge in [0.1, 0.15) is 5.75 Å². The molecule has 1 aliphatic rings. The van der Waals surface area contributed by atoms with E-state index in [1.807, 2.05) is 24.4 Å². The summed E-state index contributed by atoms with van der Waals surface area (Å²) in [5.74, 6) is 0.650. The highest BCUT2D eigenvalue weighted by atomic mass is 32.1. The van der Waals surface area contributed by atoms with E-state index in [0.29, 0.717) is 18.8 Å². The second-order valence-electron chi connectivity index (χ2n) is 6.55. The molecule has 2 aromatic heterocycles. The van der Waals surface area contributed by atoms with Gasteiger partial charge < -0.3 is 14.6 Å². The quantitative estimate of drug-likeness (QED) is 0.862. The maximum absolute atomic E-state index is 12.9. The van der Waals surface area contributed by atoms with E-state index in [9.17, 15) is 9.59 Å². The molecule has 25 heavy (non-hydrogen) atoms. The molecule has 1 N–H and O–H groups in total. The Morgan fingerprint density at radius 2 is 2.12 bits per heavy atom. The molecule has 0 bridgehead atoms. The van der Waals surface area contributed by atoms with Gasteiger partial charge in [-0.15, -0.1) is 11.3 Å². The van der Waals surface area contributed by atoms with Crippen molar-refractivity contribution in [1.82, 2.24) is 9.88 Å². The molecule has 0 aromatic carbocycles. The summed E-state index contributed by atoms with van der Waals surface area (Å²) in [6.45, 7) is 2.77. The summed E-state index contributed by atoms with van der Waals surface area (Å²) < 4.78 is 6.78. The molecule has 0 spiro atoms. The van der Waals surface area contributed by atoms with Crippen LogP contribution in [0.4, 0.5) is 0 Å². The number of nitrogens with one attached hydrogen (secondary N) is 1. The minimum atomic E-state index is -0.381. The van der Waals surface area contributed by atoms with Gasteiger partial charge >= 0.3 is 0 Å². The lowest BCUT2D eigenvalue weighted by Gasteiger charge is -2.26. The highest BCUT2D eigenvalue weighted by molar-refractivity contribution is 7.10. The molecule has 2 heterocycles. The molecule has 2 aromatic rings.